The monoisotopic (exact) mass is 385 g/mol. The molecule has 1 heterocycles. The van der Waals surface area contributed by atoms with Gasteiger partial charge >= 0.3 is 0 Å². The number of nitrogens with zero attached hydrogens (tertiary/aromatic N) is 1. The van der Waals surface area contributed by atoms with Crippen molar-refractivity contribution in [2.24, 2.45) is 0 Å². The number of carbonyl (C=O) groups excluding carboxylic acids is 1. The molecule has 0 aromatic heterocycles. The molecule has 3 aromatic carbocycles. The maximum atomic E-state index is 12.7. The van der Waals surface area contributed by atoms with Gasteiger partial charge in [0, 0.05) is 25.6 Å². The first-order valence-electron chi connectivity index (χ1n) is 10.3. The van der Waals surface area contributed by atoms with E-state index >= 15 is 0 Å². The van der Waals surface area contributed by atoms with Crippen molar-refractivity contribution in [3.05, 3.63) is 108 Å². The minimum atomic E-state index is -0.373. The first-order chi connectivity index (χ1) is 14.3. The van der Waals surface area contributed by atoms with Crippen LogP contribution in [-0.2, 0) is 29.0 Å². The van der Waals surface area contributed by atoms with Gasteiger partial charge in [-0.15, -0.1) is 0 Å². The molecule has 0 bridgehead atoms. The zero-order valence-electron chi connectivity index (χ0n) is 16.6. The summed E-state index contributed by atoms with van der Waals surface area (Å²) in [5.74, 6) is 0.219. The molecule has 2 atom stereocenters. The molecule has 1 saturated heterocycles. The molecule has 3 nitrogen and oxygen atoms in total. The molecule has 0 saturated carbocycles. The fourth-order valence-electron chi connectivity index (χ4n) is 4.06. The maximum Gasteiger partial charge on any atom is 0.165 e. The van der Waals surface area contributed by atoms with Crippen LogP contribution in [-0.4, -0.2) is 29.4 Å². The second-order valence-corrected chi connectivity index (χ2v) is 7.64. The van der Waals surface area contributed by atoms with Gasteiger partial charge in [-0.3, -0.25) is 9.69 Å². The molecule has 4 rings (SSSR count). The number of hydrogen-bond acceptors (Lipinski definition) is 3. The Kier molecular flexibility index (Phi) is 6.50. The Morgan fingerprint density at radius 1 is 0.759 bits per heavy atom. The molecular weight excluding hydrogens is 358 g/mol. The molecule has 0 aliphatic carbocycles. The van der Waals surface area contributed by atoms with E-state index in [1.807, 2.05) is 18.2 Å². The van der Waals surface area contributed by atoms with Crippen molar-refractivity contribution in [3.8, 4) is 0 Å². The van der Waals surface area contributed by atoms with Crippen molar-refractivity contribution < 1.29 is 9.53 Å². The van der Waals surface area contributed by atoms with E-state index in [2.05, 4.69) is 77.7 Å². The third kappa shape index (κ3) is 5.20. The lowest BCUT2D eigenvalue weighted by Gasteiger charge is -2.35. The topological polar surface area (TPSA) is 29.5 Å². The molecule has 3 heteroatoms. The first kappa shape index (κ1) is 19.6. The lowest BCUT2D eigenvalue weighted by Crippen LogP contribution is -2.47. The highest BCUT2D eigenvalue weighted by atomic mass is 16.5. The molecule has 29 heavy (non-hydrogen) atoms. The minimum Gasteiger partial charge on any atom is -0.368 e. The number of Topliss-reactive ketones (excluding diaryl/α,β-unsaturated/α-hetero) is 1. The summed E-state index contributed by atoms with van der Waals surface area (Å²) in [4.78, 5) is 15.1. The van der Waals surface area contributed by atoms with Crippen molar-refractivity contribution >= 4 is 5.78 Å². The standard InChI is InChI=1S/C26H27NO2/c28-25-16-17-29-26(25)24(18-21-10-4-1-5-11-21)27(19-22-12-6-2-7-13-22)20-23-14-8-3-9-15-23/h1-15,24,26H,16-20H2/t24-,26-/m0/s1. The number of ketones is 1. The van der Waals surface area contributed by atoms with Crippen LogP contribution in [0.4, 0.5) is 0 Å². The van der Waals surface area contributed by atoms with E-state index in [-0.39, 0.29) is 17.9 Å². The largest absolute Gasteiger partial charge is 0.368 e. The van der Waals surface area contributed by atoms with Gasteiger partial charge < -0.3 is 4.74 Å². The highest BCUT2D eigenvalue weighted by molar-refractivity contribution is 5.85. The van der Waals surface area contributed by atoms with Crippen LogP contribution in [0.5, 0.6) is 0 Å². The molecule has 0 radical (unpaired) electrons. The van der Waals surface area contributed by atoms with Gasteiger partial charge in [0.2, 0.25) is 0 Å². The summed E-state index contributed by atoms with van der Waals surface area (Å²) in [6.45, 7) is 2.08. The molecule has 1 fully saturated rings. The molecule has 0 unspecified atom stereocenters. The Morgan fingerprint density at radius 3 is 1.69 bits per heavy atom. The Hall–Kier alpha value is -2.75. The molecule has 148 valence electrons. The first-order valence-corrected chi connectivity index (χ1v) is 10.3. The Morgan fingerprint density at radius 2 is 1.24 bits per heavy atom. The predicted molar refractivity (Wildman–Crippen MR) is 115 cm³/mol. The van der Waals surface area contributed by atoms with Gasteiger partial charge in [0.15, 0.2) is 5.78 Å². The smallest absolute Gasteiger partial charge is 0.165 e. The van der Waals surface area contributed by atoms with Gasteiger partial charge in [0.1, 0.15) is 6.10 Å². The van der Waals surface area contributed by atoms with Gasteiger partial charge in [0.05, 0.1) is 6.61 Å². The van der Waals surface area contributed by atoms with E-state index in [0.717, 1.165) is 19.5 Å². The van der Waals surface area contributed by atoms with Crippen LogP contribution in [0.2, 0.25) is 0 Å². The second-order valence-electron chi connectivity index (χ2n) is 7.64. The summed E-state index contributed by atoms with van der Waals surface area (Å²) in [6.07, 6.45) is 0.930. The Labute approximate surface area is 172 Å². The Balaban J connectivity index is 1.66. The minimum absolute atomic E-state index is 0.00666. The zero-order valence-corrected chi connectivity index (χ0v) is 16.6. The summed E-state index contributed by atoms with van der Waals surface area (Å²) in [5.41, 5.74) is 3.71. The van der Waals surface area contributed by atoms with Crippen molar-refractivity contribution in [1.29, 1.82) is 0 Å². The summed E-state index contributed by atoms with van der Waals surface area (Å²) in [5, 5.41) is 0. The number of hydrogen-bond donors (Lipinski definition) is 0. The number of carbonyl (C=O) groups is 1. The predicted octanol–water partition coefficient (Wildman–Crippen LogP) is 4.66. The van der Waals surface area contributed by atoms with Gasteiger partial charge in [0.25, 0.3) is 0 Å². The van der Waals surface area contributed by atoms with E-state index in [9.17, 15) is 4.79 Å². The SMILES string of the molecule is O=C1CCO[C@H]1[C@H](Cc1ccccc1)N(Cc1ccccc1)Cc1ccccc1. The summed E-state index contributed by atoms with van der Waals surface area (Å²) >= 11 is 0. The van der Waals surface area contributed by atoms with Crippen LogP contribution >= 0.6 is 0 Å². The number of benzene rings is 3. The second kappa shape index (κ2) is 9.64. The molecule has 0 amide bonds. The quantitative estimate of drug-likeness (QED) is 0.565. The summed E-state index contributed by atoms with van der Waals surface area (Å²) in [6, 6.07) is 31.3. The van der Waals surface area contributed by atoms with Crippen LogP contribution < -0.4 is 0 Å². The average molecular weight is 386 g/mol. The number of rotatable bonds is 8. The van der Waals surface area contributed by atoms with Crippen molar-refractivity contribution in [2.45, 2.75) is 38.1 Å². The normalized spacial score (nSPS) is 17.6. The molecule has 1 aliphatic heterocycles. The van der Waals surface area contributed by atoms with Crippen LogP contribution in [0.15, 0.2) is 91.0 Å². The van der Waals surface area contributed by atoms with Gasteiger partial charge in [-0.2, -0.15) is 0 Å². The van der Waals surface area contributed by atoms with Crippen LogP contribution in [0.1, 0.15) is 23.1 Å². The highest BCUT2D eigenvalue weighted by Crippen LogP contribution is 2.24. The van der Waals surface area contributed by atoms with Gasteiger partial charge in [-0.05, 0) is 23.1 Å². The van der Waals surface area contributed by atoms with E-state index in [4.69, 9.17) is 4.74 Å². The van der Waals surface area contributed by atoms with E-state index < -0.39 is 0 Å². The van der Waals surface area contributed by atoms with Crippen LogP contribution in [0.25, 0.3) is 0 Å². The van der Waals surface area contributed by atoms with Gasteiger partial charge in [-0.25, -0.2) is 0 Å². The van der Waals surface area contributed by atoms with Crippen molar-refractivity contribution in [3.63, 3.8) is 0 Å². The van der Waals surface area contributed by atoms with Crippen molar-refractivity contribution in [1.82, 2.24) is 4.90 Å². The van der Waals surface area contributed by atoms with Crippen molar-refractivity contribution in [2.75, 3.05) is 6.61 Å². The highest BCUT2D eigenvalue weighted by Gasteiger charge is 2.37. The third-order valence-electron chi connectivity index (χ3n) is 5.53. The maximum absolute atomic E-state index is 12.7. The lowest BCUT2D eigenvalue weighted by molar-refractivity contribution is -0.125. The van der Waals surface area contributed by atoms with Gasteiger partial charge in [-0.1, -0.05) is 91.0 Å². The molecule has 3 aromatic rings. The van der Waals surface area contributed by atoms with E-state index in [0.29, 0.717) is 13.0 Å². The zero-order chi connectivity index (χ0) is 19.9. The average Bonchev–Trinajstić information content (AvgIpc) is 3.19. The molecule has 1 aliphatic rings. The molecular formula is C26H27NO2. The van der Waals surface area contributed by atoms with Crippen LogP contribution in [0, 0.1) is 0 Å². The molecule has 0 spiro atoms. The third-order valence-corrected chi connectivity index (χ3v) is 5.53. The summed E-state index contributed by atoms with van der Waals surface area (Å²) in [7, 11) is 0. The van der Waals surface area contributed by atoms with E-state index in [1.165, 1.54) is 16.7 Å². The number of ether oxygens (including phenoxy) is 1. The van der Waals surface area contributed by atoms with E-state index in [1.54, 1.807) is 0 Å². The fraction of sp³-hybridized carbons (Fsp3) is 0.269. The lowest BCUT2D eigenvalue weighted by atomic mass is 9.96. The molecule has 0 N–H and O–H groups in total. The summed E-state index contributed by atoms with van der Waals surface area (Å²) < 4.78 is 5.96. The fourth-order valence-corrected chi connectivity index (χ4v) is 4.06. The Bertz CT molecular complexity index is 854. The van der Waals surface area contributed by atoms with Crippen LogP contribution in [0.3, 0.4) is 0 Å².